The molecule has 3 aromatic rings. The largest absolute Gasteiger partial charge is 0.493 e. The molecule has 12 heteroatoms. The predicted molar refractivity (Wildman–Crippen MR) is 128 cm³/mol. The van der Waals surface area contributed by atoms with Crippen LogP contribution in [0.3, 0.4) is 0 Å². The fourth-order valence-corrected chi connectivity index (χ4v) is 3.91. The van der Waals surface area contributed by atoms with Crippen LogP contribution >= 0.6 is 0 Å². The van der Waals surface area contributed by atoms with Gasteiger partial charge in [-0.15, -0.1) is 0 Å². The minimum atomic E-state index is -1.05. The van der Waals surface area contributed by atoms with E-state index in [1.54, 1.807) is 26.2 Å². The maximum atomic E-state index is 15.3. The molecule has 0 bridgehead atoms. The molecule has 0 saturated carbocycles. The number of hydrogen-bond acceptors (Lipinski definition) is 8. The Labute approximate surface area is 205 Å². The van der Waals surface area contributed by atoms with Crippen molar-refractivity contribution in [2.75, 3.05) is 31.1 Å². The quantitative estimate of drug-likeness (QED) is 0.449. The highest BCUT2D eigenvalue weighted by molar-refractivity contribution is 6.20. The molecule has 4 rings (SSSR count). The number of anilines is 2. The number of nitrogens with one attached hydrogen (secondary N) is 2. The zero-order chi connectivity index (χ0) is 26.0. The van der Waals surface area contributed by atoms with Crippen LogP contribution < -0.4 is 24.6 Å². The number of carbonyl (C=O) groups is 1. The lowest BCUT2D eigenvalue weighted by molar-refractivity contribution is 0.248. The highest BCUT2D eigenvalue weighted by Crippen LogP contribution is 2.41. The normalized spacial score (nSPS) is 13.5. The van der Waals surface area contributed by atoms with E-state index >= 15 is 8.78 Å². The van der Waals surface area contributed by atoms with E-state index < -0.39 is 23.4 Å². The van der Waals surface area contributed by atoms with E-state index in [9.17, 15) is 4.79 Å². The molecule has 0 fully saturated rings. The second kappa shape index (κ2) is 10.0. The maximum absolute atomic E-state index is 15.3. The number of urea groups is 1. The smallest absolute Gasteiger partial charge is 0.329 e. The summed E-state index contributed by atoms with van der Waals surface area (Å²) < 4.78 is 46.0. The average molecular weight is 498 g/mol. The van der Waals surface area contributed by atoms with Gasteiger partial charge in [-0.05, 0) is 13.0 Å². The summed E-state index contributed by atoms with van der Waals surface area (Å²) in [6.45, 7) is 1.38. The van der Waals surface area contributed by atoms with E-state index in [-0.39, 0.29) is 30.3 Å². The number of halogens is 2. The zero-order valence-corrected chi connectivity index (χ0v) is 20.1. The van der Waals surface area contributed by atoms with Crippen molar-refractivity contribution in [3.63, 3.8) is 0 Å². The number of methoxy groups -OCH3 is 2. The Morgan fingerprint density at radius 1 is 1.22 bits per heavy atom. The van der Waals surface area contributed by atoms with Gasteiger partial charge < -0.3 is 24.6 Å². The number of oxazole rings is 1. The topological polar surface area (TPSA) is 117 Å². The van der Waals surface area contributed by atoms with Gasteiger partial charge in [0.1, 0.15) is 11.4 Å². The van der Waals surface area contributed by atoms with Crippen LogP contribution in [-0.2, 0) is 13.1 Å². The van der Waals surface area contributed by atoms with Crippen LogP contribution in [0.1, 0.15) is 23.9 Å². The predicted octanol–water partition coefficient (Wildman–Crippen LogP) is 4.11. The molecule has 2 aromatic heterocycles. The van der Waals surface area contributed by atoms with Crippen molar-refractivity contribution >= 4 is 28.7 Å². The van der Waals surface area contributed by atoms with Crippen molar-refractivity contribution in [2.24, 2.45) is 0 Å². The third-order valence-corrected chi connectivity index (χ3v) is 5.63. The summed E-state index contributed by atoms with van der Waals surface area (Å²) in [6.07, 6.45) is 5.80. The Kier molecular flexibility index (Phi) is 6.86. The number of benzene rings is 1. The number of rotatable bonds is 8. The molecule has 0 atom stereocenters. The second-order valence-electron chi connectivity index (χ2n) is 7.85. The van der Waals surface area contributed by atoms with Crippen LogP contribution in [0.4, 0.5) is 25.0 Å². The van der Waals surface area contributed by atoms with Gasteiger partial charge in [0, 0.05) is 42.4 Å². The molecule has 1 aromatic carbocycles. The van der Waals surface area contributed by atoms with Crippen molar-refractivity contribution in [1.82, 2.24) is 15.3 Å². The van der Waals surface area contributed by atoms with Crippen molar-refractivity contribution in [1.29, 1.82) is 5.41 Å². The first-order chi connectivity index (χ1) is 17.3. The van der Waals surface area contributed by atoms with E-state index in [1.165, 1.54) is 37.9 Å². The van der Waals surface area contributed by atoms with Crippen molar-refractivity contribution in [3.05, 3.63) is 65.8 Å². The highest BCUT2D eigenvalue weighted by atomic mass is 19.1. The minimum Gasteiger partial charge on any atom is -0.493 e. The maximum Gasteiger partial charge on any atom is 0.329 e. The fourth-order valence-electron chi connectivity index (χ4n) is 3.91. The summed E-state index contributed by atoms with van der Waals surface area (Å²) in [7, 11) is 4.16. The number of hydrogen-bond donors (Lipinski definition) is 2. The summed E-state index contributed by atoms with van der Waals surface area (Å²) in [4.78, 5) is 24.3. The van der Waals surface area contributed by atoms with Crippen molar-refractivity contribution < 1.29 is 27.5 Å². The number of carbonyl (C=O) groups excluding carboxylic acids is 1. The lowest BCUT2D eigenvalue weighted by Crippen LogP contribution is -2.47. The van der Waals surface area contributed by atoms with Crippen LogP contribution in [-0.4, -0.2) is 43.0 Å². The number of fused-ring (bicyclic) bond motifs is 1. The molecule has 188 valence electrons. The van der Waals surface area contributed by atoms with Crippen LogP contribution in [0.5, 0.6) is 11.5 Å². The van der Waals surface area contributed by atoms with Gasteiger partial charge in [-0.3, -0.25) is 14.8 Å². The third-order valence-electron chi connectivity index (χ3n) is 5.63. The van der Waals surface area contributed by atoms with Gasteiger partial charge in [-0.25, -0.2) is 18.6 Å². The Morgan fingerprint density at radius 3 is 2.47 bits per heavy atom. The molecular formula is C24H24F2N6O4. The molecule has 3 heterocycles. The number of ether oxygens (including phenoxy) is 2. The van der Waals surface area contributed by atoms with Crippen LogP contribution in [0.15, 0.2) is 41.5 Å². The van der Waals surface area contributed by atoms with E-state index in [0.29, 0.717) is 28.3 Å². The number of nitrogens with zero attached hydrogens (tertiary/aromatic N) is 4. The van der Waals surface area contributed by atoms with Gasteiger partial charge in [0.15, 0.2) is 29.5 Å². The van der Waals surface area contributed by atoms with Crippen molar-refractivity contribution in [3.8, 4) is 11.5 Å². The lowest BCUT2D eigenvalue weighted by Gasteiger charge is -2.37. The second-order valence-corrected chi connectivity index (χ2v) is 7.85. The molecule has 36 heavy (non-hydrogen) atoms. The van der Waals surface area contributed by atoms with Gasteiger partial charge in [-0.1, -0.05) is 0 Å². The Hall–Kier alpha value is -4.48. The standard InChI is InChI=1S/C24H24F2N6O4/c1-13(27)16(9-28-2)17-5-18-14(7-30-17)10-32(24(33)31(18)11-15-8-29-12-36-15)23-21(25)19(34-3)6-20(35-4)22(23)26/h5-9,12,27-28H,10-11H2,1-4H3/b16-9+,27-13?. The summed E-state index contributed by atoms with van der Waals surface area (Å²) in [5, 5.41) is 11.0. The van der Waals surface area contributed by atoms with E-state index in [4.69, 9.17) is 19.3 Å². The van der Waals surface area contributed by atoms with Gasteiger partial charge in [0.05, 0.1) is 44.9 Å². The Morgan fingerprint density at radius 2 is 1.92 bits per heavy atom. The first-order valence-electron chi connectivity index (χ1n) is 10.8. The van der Waals surface area contributed by atoms with Gasteiger partial charge >= 0.3 is 6.03 Å². The molecule has 2 amide bonds. The van der Waals surface area contributed by atoms with E-state index in [1.807, 2.05) is 0 Å². The number of pyridine rings is 1. The SMILES string of the molecule is CN/C=C(\C(C)=N)c1cc2c(cn1)CN(c1c(F)c(OC)cc(OC)c1F)C(=O)N2Cc1cnco1. The lowest BCUT2D eigenvalue weighted by atomic mass is 10.0. The van der Waals surface area contributed by atoms with E-state index in [0.717, 1.165) is 11.0 Å². The van der Waals surface area contributed by atoms with Crippen LogP contribution in [0.25, 0.3) is 5.57 Å². The number of amides is 2. The molecule has 1 aliphatic heterocycles. The molecule has 1 aliphatic rings. The summed E-state index contributed by atoms with van der Waals surface area (Å²) in [5.74, 6) is -2.29. The van der Waals surface area contributed by atoms with E-state index in [2.05, 4.69) is 15.3 Å². The third kappa shape index (κ3) is 4.32. The Bertz CT molecular complexity index is 1310. The average Bonchev–Trinajstić information content (AvgIpc) is 3.38. The molecule has 0 radical (unpaired) electrons. The summed E-state index contributed by atoms with van der Waals surface area (Å²) in [5.41, 5.74) is 1.58. The van der Waals surface area contributed by atoms with Crippen molar-refractivity contribution in [2.45, 2.75) is 20.0 Å². The number of aromatic nitrogens is 2. The first-order valence-corrected chi connectivity index (χ1v) is 10.8. The summed E-state index contributed by atoms with van der Waals surface area (Å²) >= 11 is 0. The minimum absolute atomic E-state index is 0.0647. The monoisotopic (exact) mass is 498 g/mol. The highest BCUT2D eigenvalue weighted by Gasteiger charge is 2.37. The fraction of sp³-hybridized carbons (Fsp3) is 0.250. The molecule has 0 aliphatic carbocycles. The van der Waals surface area contributed by atoms with Crippen LogP contribution in [0.2, 0.25) is 0 Å². The molecule has 0 saturated heterocycles. The molecule has 0 spiro atoms. The molecule has 0 unspecified atom stereocenters. The van der Waals surface area contributed by atoms with Gasteiger partial charge in [0.25, 0.3) is 0 Å². The zero-order valence-electron chi connectivity index (χ0n) is 20.1. The van der Waals surface area contributed by atoms with Gasteiger partial charge in [0.2, 0.25) is 0 Å². The molecule has 10 nitrogen and oxygen atoms in total. The molecule has 2 N–H and O–H groups in total. The Balaban J connectivity index is 1.88. The van der Waals surface area contributed by atoms with Crippen LogP contribution in [0, 0.1) is 17.0 Å². The first kappa shape index (κ1) is 24.6. The number of allylic oxidation sites excluding steroid dienone is 1. The molecular weight excluding hydrogens is 474 g/mol. The summed E-state index contributed by atoms with van der Waals surface area (Å²) in [6, 6.07) is 2.02. The van der Waals surface area contributed by atoms with Gasteiger partial charge in [-0.2, -0.15) is 0 Å².